The van der Waals surface area contributed by atoms with Crippen molar-refractivity contribution in [3.63, 3.8) is 0 Å². The summed E-state index contributed by atoms with van der Waals surface area (Å²) in [5.74, 6) is -0.214. The molecule has 70 valence electrons. The number of ether oxygens (including phenoxy) is 1. The van der Waals surface area contributed by atoms with Gasteiger partial charge in [0.2, 0.25) is 0 Å². The predicted molar refractivity (Wildman–Crippen MR) is 48.4 cm³/mol. The van der Waals surface area contributed by atoms with Gasteiger partial charge in [-0.15, -0.1) is 0 Å². The molecule has 2 N–H and O–H groups in total. The lowest BCUT2D eigenvalue weighted by atomic mass is 9.88. The third-order valence-corrected chi connectivity index (χ3v) is 1.94. The standard InChI is InChI=1S/C9H17NO2/c1-4-9(3,6-7-10)8(11)12-5-2/h6-7H,4-5,10H2,1-3H3. The van der Waals surface area contributed by atoms with Crippen LogP contribution in [0.15, 0.2) is 12.3 Å². The molecule has 3 nitrogen and oxygen atoms in total. The fraction of sp³-hybridized carbons (Fsp3) is 0.667. The Morgan fingerprint density at radius 3 is 2.50 bits per heavy atom. The van der Waals surface area contributed by atoms with Crippen molar-refractivity contribution in [2.45, 2.75) is 27.2 Å². The molecule has 0 amide bonds. The van der Waals surface area contributed by atoms with Crippen molar-refractivity contribution in [3.8, 4) is 0 Å². The van der Waals surface area contributed by atoms with E-state index in [1.807, 2.05) is 13.8 Å². The van der Waals surface area contributed by atoms with Crippen molar-refractivity contribution < 1.29 is 9.53 Å². The first-order chi connectivity index (χ1) is 5.60. The number of hydrogen-bond donors (Lipinski definition) is 1. The van der Waals surface area contributed by atoms with Gasteiger partial charge in [0.15, 0.2) is 0 Å². The van der Waals surface area contributed by atoms with Crippen LogP contribution >= 0.6 is 0 Å². The Labute approximate surface area is 73.6 Å². The Hall–Kier alpha value is -0.990. The minimum atomic E-state index is -0.565. The number of esters is 1. The van der Waals surface area contributed by atoms with E-state index in [0.717, 1.165) is 0 Å². The largest absolute Gasteiger partial charge is 0.465 e. The van der Waals surface area contributed by atoms with Crippen LogP contribution in [0.2, 0.25) is 0 Å². The topological polar surface area (TPSA) is 52.3 Å². The van der Waals surface area contributed by atoms with Crippen LogP contribution in [0.1, 0.15) is 27.2 Å². The number of carbonyl (C=O) groups is 1. The van der Waals surface area contributed by atoms with E-state index in [9.17, 15) is 4.79 Å². The molecule has 0 radical (unpaired) electrons. The highest BCUT2D eigenvalue weighted by Crippen LogP contribution is 2.24. The molecular weight excluding hydrogens is 154 g/mol. The van der Waals surface area contributed by atoms with E-state index in [1.54, 1.807) is 13.0 Å². The zero-order chi connectivity index (χ0) is 9.61. The van der Waals surface area contributed by atoms with Crippen molar-refractivity contribution in [2.24, 2.45) is 11.1 Å². The molecule has 1 unspecified atom stereocenters. The van der Waals surface area contributed by atoms with Crippen LogP contribution in [0, 0.1) is 5.41 Å². The van der Waals surface area contributed by atoms with Crippen molar-refractivity contribution in [2.75, 3.05) is 6.61 Å². The zero-order valence-corrected chi connectivity index (χ0v) is 7.96. The van der Waals surface area contributed by atoms with E-state index >= 15 is 0 Å². The molecule has 0 saturated carbocycles. The van der Waals surface area contributed by atoms with Gasteiger partial charge in [-0.3, -0.25) is 4.79 Å². The van der Waals surface area contributed by atoms with Gasteiger partial charge in [-0.1, -0.05) is 13.0 Å². The van der Waals surface area contributed by atoms with Gasteiger partial charge >= 0.3 is 5.97 Å². The van der Waals surface area contributed by atoms with E-state index < -0.39 is 5.41 Å². The van der Waals surface area contributed by atoms with Gasteiger partial charge in [0, 0.05) is 0 Å². The Morgan fingerprint density at radius 2 is 2.17 bits per heavy atom. The second-order valence-corrected chi connectivity index (χ2v) is 2.85. The van der Waals surface area contributed by atoms with Crippen LogP contribution < -0.4 is 5.73 Å². The lowest BCUT2D eigenvalue weighted by Crippen LogP contribution is -2.27. The van der Waals surface area contributed by atoms with Crippen LogP contribution in [0.3, 0.4) is 0 Å². The molecule has 0 fully saturated rings. The maximum atomic E-state index is 11.4. The molecule has 0 aromatic rings. The molecule has 0 saturated heterocycles. The van der Waals surface area contributed by atoms with Crippen LogP contribution in [0.25, 0.3) is 0 Å². The summed E-state index contributed by atoms with van der Waals surface area (Å²) in [7, 11) is 0. The summed E-state index contributed by atoms with van der Waals surface area (Å²) >= 11 is 0. The molecule has 12 heavy (non-hydrogen) atoms. The molecule has 1 atom stereocenters. The number of carbonyl (C=O) groups excluding carboxylic acids is 1. The van der Waals surface area contributed by atoms with Gasteiger partial charge in [-0.2, -0.15) is 0 Å². The summed E-state index contributed by atoms with van der Waals surface area (Å²) < 4.78 is 4.90. The summed E-state index contributed by atoms with van der Waals surface area (Å²) in [5, 5.41) is 0. The van der Waals surface area contributed by atoms with E-state index in [-0.39, 0.29) is 5.97 Å². The third-order valence-electron chi connectivity index (χ3n) is 1.94. The quantitative estimate of drug-likeness (QED) is 0.651. The molecule has 0 aliphatic carbocycles. The van der Waals surface area contributed by atoms with Gasteiger partial charge in [0.1, 0.15) is 0 Å². The zero-order valence-electron chi connectivity index (χ0n) is 7.96. The first-order valence-corrected chi connectivity index (χ1v) is 4.17. The second-order valence-electron chi connectivity index (χ2n) is 2.85. The highest BCUT2D eigenvalue weighted by molar-refractivity contribution is 5.78. The van der Waals surface area contributed by atoms with Crippen molar-refractivity contribution in [1.29, 1.82) is 0 Å². The van der Waals surface area contributed by atoms with Crippen molar-refractivity contribution in [3.05, 3.63) is 12.3 Å². The number of hydrogen-bond acceptors (Lipinski definition) is 3. The normalized spacial score (nSPS) is 15.9. The number of rotatable bonds is 4. The predicted octanol–water partition coefficient (Wildman–Crippen LogP) is 1.44. The highest BCUT2D eigenvalue weighted by Gasteiger charge is 2.29. The average Bonchev–Trinajstić information content (AvgIpc) is 2.05. The molecule has 0 aliphatic heterocycles. The molecule has 0 spiro atoms. The summed E-state index contributed by atoms with van der Waals surface area (Å²) in [5.41, 5.74) is 4.67. The summed E-state index contributed by atoms with van der Waals surface area (Å²) in [6.45, 7) is 5.94. The van der Waals surface area contributed by atoms with E-state index in [2.05, 4.69) is 0 Å². The maximum Gasteiger partial charge on any atom is 0.315 e. The Bertz CT molecular complexity index is 177. The van der Waals surface area contributed by atoms with Gasteiger partial charge in [-0.25, -0.2) is 0 Å². The van der Waals surface area contributed by atoms with Gasteiger partial charge in [0.05, 0.1) is 12.0 Å². The molecule has 0 rings (SSSR count). The molecule has 0 heterocycles. The molecular formula is C9H17NO2. The van der Waals surface area contributed by atoms with Crippen molar-refractivity contribution in [1.82, 2.24) is 0 Å². The monoisotopic (exact) mass is 171 g/mol. The minimum absolute atomic E-state index is 0.214. The first kappa shape index (κ1) is 11.0. The van der Waals surface area contributed by atoms with Gasteiger partial charge in [0.25, 0.3) is 0 Å². The average molecular weight is 171 g/mol. The van der Waals surface area contributed by atoms with E-state index in [0.29, 0.717) is 13.0 Å². The Balaban J connectivity index is 4.40. The summed E-state index contributed by atoms with van der Waals surface area (Å²) in [6, 6.07) is 0. The van der Waals surface area contributed by atoms with Crippen molar-refractivity contribution >= 4 is 5.97 Å². The fourth-order valence-electron chi connectivity index (χ4n) is 0.839. The molecule has 0 aliphatic rings. The lowest BCUT2D eigenvalue weighted by Gasteiger charge is -2.20. The smallest absolute Gasteiger partial charge is 0.315 e. The number of nitrogens with two attached hydrogens (primary N) is 1. The molecule has 3 heteroatoms. The molecule has 0 aromatic carbocycles. The van der Waals surface area contributed by atoms with Crippen LogP contribution in [0.5, 0.6) is 0 Å². The molecule has 0 bridgehead atoms. The van der Waals surface area contributed by atoms with E-state index in [4.69, 9.17) is 10.5 Å². The van der Waals surface area contributed by atoms with Crippen LogP contribution in [-0.2, 0) is 9.53 Å². The third kappa shape index (κ3) is 2.57. The van der Waals surface area contributed by atoms with Crippen LogP contribution in [0.4, 0.5) is 0 Å². The van der Waals surface area contributed by atoms with Gasteiger partial charge < -0.3 is 10.5 Å². The SMILES string of the molecule is CCOC(=O)C(C)(C=CN)CC. The first-order valence-electron chi connectivity index (χ1n) is 4.17. The Morgan fingerprint density at radius 1 is 1.58 bits per heavy atom. The fourth-order valence-corrected chi connectivity index (χ4v) is 0.839. The van der Waals surface area contributed by atoms with Crippen LogP contribution in [-0.4, -0.2) is 12.6 Å². The molecule has 0 aromatic heterocycles. The summed E-state index contributed by atoms with van der Waals surface area (Å²) in [4.78, 5) is 11.4. The second kappa shape index (κ2) is 4.80. The lowest BCUT2D eigenvalue weighted by molar-refractivity contribution is -0.151. The van der Waals surface area contributed by atoms with Gasteiger partial charge in [-0.05, 0) is 26.5 Å². The maximum absolute atomic E-state index is 11.4. The Kier molecular flexibility index (Phi) is 4.40. The highest BCUT2D eigenvalue weighted by atomic mass is 16.5. The minimum Gasteiger partial charge on any atom is -0.465 e. The summed E-state index contributed by atoms with van der Waals surface area (Å²) in [6.07, 6.45) is 3.75. The van der Waals surface area contributed by atoms with E-state index in [1.165, 1.54) is 6.20 Å².